The molecule has 0 radical (unpaired) electrons. The summed E-state index contributed by atoms with van der Waals surface area (Å²) >= 11 is 0. The van der Waals surface area contributed by atoms with Crippen LogP contribution < -0.4 is 32.3 Å². The van der Waals surface area contributed by atoms with Crippen LogP contribution in [0.4, 0.5) is 10.5 Å². The molecule has 22 heteroatoms. The highest BCUT2D eigenvalue weighted by molar-refractivity contribution is 6.22. The molecule has 502 valence electrons. The van der Waals surface area contributed by atoms with Crippen LogP contribution in [0.15, 0.2) is 65.9 Å². The third-order valence-electron chi connectivity index (χ3n) is 17.8. The zero-order valence-electron chi connectivity index (χ0n) is 56.6. The van der Waals surface area contributed by atoms with Crippen LogP contribution >= 0.6 is 0 Å². The molecule has 22 nitrogen and oxygen atoms in total. The van der Waals surface area contributed by atoms with E-state index in [1.54, 1.807) is 87.9 Å². The number of carbonyl (C=O) groups excluding carboxylic acids is 9. The number of hydrogen-bond acceptors (Lipinski definition) is 15. The Bertz CT molecular complexity index is 2750. The van der Waals surface area contributed by atoms with Gasteiger partial charge in [-0.15, -0.1) is 0 Å². The van der Waals surface area contributed by atoms with Crippen molar-refractivity contribution in [2.75, 3.05) is 46.7 Å². The summed E-state index contributed by atoms with van der Waals surface area (Å²) in [6.45, 7) is 24.5. The van der Waals surface area contributed by atoms with E-state index in [2.05, 4.69) is 26.6 Å². The van der Waals surface area contributed by atoms with Gasteiger partial charge >= 0.3 is 6.09 Å². The molecular formula is C68H107N9O13. The first kappa shape index (κ1) is 75.7. The molecule has 4 rings (SSSR count). The van der Waals surface area contributed by atoms with Crippen LogP contribution in [0.3, 0.4) is 0 Å². The van der Waals surface area contributed by atoms with Crippen molar-refractivity contribution >= 4 is 58.8 Å². The molecule has 2 fully saturated rings. The van der Waals surface area contributed by atoms with Gasteiger partial charge in [-0.3, -0.25) is 43.3 Å². The lowest BCUT2D eigenvalue weighted by Gasteiger charge is -2.41. The Balaban J connectivity index is 1.38. The largest absolute Gasteiger partial charge is 0.445 e. The predicted molar refractivity (Wildman–Crippen MR) is 346 cm³/mol. The molecule has 90 heavy (non-hydrogen) atoms. The number of ketones is 2. The van der Waals surface area contributed by atoms with Gasteiger partial charge in [0.1, 0.15) is 24.7 Å². The topological polar surface area (TPSA) is 297 Å². The number of Topliss-reactive ketones (excluding diaryl/α,β-unsaturated/α-hetero) is 2. The van der Waals surface area contributed by atoms with Gasteiger partial charge in [0, 0.05) is 65.6 Å². The average molecular weight is 1260 g/mol. The van der Waals surface area contributed by atoms with Crippen molar-refractivity contribution in [3.05, 3.63) is 77.0 Å². The van der Waals surface area contributed by atoms with Gasteiger partial charge in [0.25, 0.3) is 0 Å². The number of nitrogens with one attached hydrogen (secondary N) is 5. The number of nitrogens with zero attached hydrogens (tertiary/aromatic N) is 3. The molecule has 1 aliphatic carbocycles. The van der Waals surface area contributed by atoms with Crippen molar-refractivity contribution < 1.29 is 62.5 Å². The maximum atomic E-state index is 14.8. The molecule has 0 spiro atoms. The van der Waals surface area contributed by atoms with Crippen LogP contribution in [0.1, 0.15) is 165 Å². The van der Waals surface area contributed by atoms with Crippen molar-refractivity contribution in [2.45, 2.75) is 215 Å². The molecule has 7 amide bonds. The molecule has 2 aliphatic rings. The summed E-state index contributed by atoms with van der Waals surface area (Å²) in [7, 11) is 6.14. The summed E-state index contributed by atoms with van der Waals surface area (Å²) in [6, 6.07) is 10.2. The van der Waals surface area contributed by atoms with Gasteiger partial charge in [0.05, 0.1) is 60.4 Å². The molecule has 2 aromatic carbocycles. The molecule has 1 heterocycles. The summed E-state index contributed by atoms with van der Waals surface area (Å²) in [5.41, 5.74) is 8.18. The molecule has 1 saturated heterocycles. The SMILES string of the molecule is CC[C@@H](C)[C@H]([C@H](CC(=O)N1CCC[C@@H]1[C@@H](OC)[C@H](C)C(=O)N[C@@H](C)[C@H](O)c1ccccc1)OC)N(C)C(=O)[C@H](NC(=O)[C@@H](C(C)C)N(C)C(=O)OCc1ccc(NC(=O)[C@@H](CCCCNC(C)=C2C(=O)CC(C)(C)CC2=O)NC(=O)[C@H](N)C(C)C)cc1)C(C)C. The highest BCUT2D eigenvalue weighted by Crippen LogP contribution is 2.35. The lowest BCUT2D eigenvalue weighted by Crippen LogP contribution is -2.60. The predicted octanol–water partition coefficient (Wildman–Crippen LogP) is 6.98. The molecule has 0 bridgehead atoms. The zero-order valence-corrected chi connectivity index (χ0v) is 56.6. The first-order valence-corrected chi connectivity index (χ1v) is 32.1. The average Bonchev–Trinajstić information content (AvgIpc) is 3.18. The summed E-state index contributed by atoms with van der Waals surface area (Å²) in [5, 5.41) is 25.7. The summed E-state index contributed by atoms with van der Waals surface area (Å²) in [6.07, 6.45) is 0.663. The van der Waals surface area contributed by atoms with Gasteiger partial charge in [-0.25, -0.2) is 4.79 Å². The number of carbonyl (C=O) groups is 9. The number of unbranched alkanes of at least 4 members (excludes halogenated alkanes) is 1. The van der Waals surface area contributed by atoms with Crippen LogP contribution in [0, 0.1) is 35.0 Å². The van der Waals surface area contributed by atoms with E-state index in [-0.39, 0.29) is 65.7 Å². The Morgan fingerprint density at radius 1 is 0.767 bits per heavy atom. The van der Waals surface area contributed by atoms with Crippen molar-refractivity contribution in [3.8, 4) is 0 Å². The quantitative estimate of drug-likeness (QED) is 0.0216. The number of benzene rings is 2. The number of likely N-dealkylation sites (N-methyl/N-ethyl adjacent to an activating group) is 2. The van der Waals surface area contributed by atoms with Crippen molar-refractivity contribution in [1.29, 1.82) is 0 Å². The second-order valence-electron chi connectivity index (χ2n) is 26.6. The van der Waals surface area contributed by atoms with Crippen LogP contribution in [0.25, 0.3) is 0 Å². The maximum absolute atomic E-state index is 14.8. The van der Waals surface area contributed by atoms with E-state index < -0.39 is 108 Å². The standard InChI is InChI=1S/C68H107N9O13/c1-18-42(8)59(53(88-16)35-54(80)77-34-24-28-50(77)61(89-17)43(9)62(82)71-45(11)60(81)47-25-20-19-21-26-47)75(14)66(86)57(40(4)5)74-65(85)58(41(6)7)76(15)67(87)90-38-46-29-31-48(32-30-46)72-63(83)49(73-64(84)56(69)39(2)3)27-22-23-33-70-44(10)55-51(78)36-68(12,13)37-52(55)79/h19-21,25-26,29-32,39-43,45,49-50,53,56-61,70,81H,18,22-24,27-28,33-38,69H2,1-17H3,(H,71,82)(H,72,83)(H,73,84)(H,74,85)/t42-,43+,45+,49-,50-,53+,56-,57-,58-,59-,60+,61+/m1/s1. The monoisotopic (exact) mass is 1260 g/mol. The number of allylic oxidation sites excluding steroid dienone is 2. The van der Waals surface area contributed by atoms with E-state index >= 15 is 0 Å². The van der Waals surface area contributed by atoms with E-state index in [1.807, 2.05) is 73.6 Å². The smallest absolute Gasteiger partial charge is 0.410 e. The molecule has 8 N–H and O–H groups in total. The molecule has 2 aromatic rings. The summed E-state index contributed by atoms with van der Waals surface area (Å²) in [5.74, 6) is -4.63. The fourth-order valence-corrected chi connectivity index (χ4v) is 12.2. The van der Waals surface area contributed by atoms with Gasteiger partial charge in [0.15, 0.2) is 11.6 Å². The van der Waals surface area contributed by atoms with Gasteiger partial charge in [-0.2, -0.15) is 0 Å². The van der Waals surface area contributed by atoms with E-state index in [9.17, 15) is 48.3 Å². The van der Waals surface area contributed by atoms with Crippen molar-refractivity contribution in [3.63, 3.8) is 0 Å². The number of anilines is 1. The summed E-state index contributed by atoms with van der Waals surface area (Å²) in [4.78, 5) is 128. The lowest BCUT2D eigenvalue weighted by molar-refractivity contribution is -0.148. The number of amides is 7. The molecule has 0 unspecified atom stereocenters. The maximum Gasteiger partial charge on any atom is 0.410 e. The first-order valence-electron chi connectivity index (χ1n) is 32.1. The zero-order chi connectivity index (χ0) is 67.5. The number of aliphatic hydroxyl groups is 1. The number of ether oxygens (including phenoxy) is 3. The van der Waals surface area contributed by atoms with Crippen LogP contribution in [0.5, 0.6) is 0 Å². The highest BCUT2D eigenvalue weighted by atomic mass is 16.6. The Labute approximate surface area is 534 Å². The van der Waals surface area contributed by atoms with Gasteiger partial charge in [-0.1, -0.05) is 125 Å². The molecular weight excluding hydrogens is 1150 g/mol. The normalized spacial score (nSPS) is 18.7. The molecule has 1 saturated carbocycles. The minimum Gasteiger partial charge on any atom is -0.445 e. The number of likely N-dealkylation sites (tertiary alicyclic amines) is 1. The second kappa shape index (κ2) is 35.2. The van der Waals surface area contributed by atoms with Gasteiger partial charge < -0.3 is 61.4 Å². The van der Waals surface area contributed by atoms with Crippen molar-refractivity contribution in [2.24, 2.45) is 40.7 Å². The van der Waals surface area contributed by atoms with E-state index in [0.717, 1.165) is 0 Å². The number of nitrogens with two attached hydrogens (primary N) is 1. The second-order valence-corrected chi connectivity index (χ2v) is 26.6. The van der Waals surface area contributed by atoms with E-state index in [1.165, 1.54) is 26.2 Å². The number of rotatable bonds is 33. The molecule has 1 aliphatic heterocycles. The minimum absolute atomic E-state index is 0.0779. The Morgan fingerprint density at radius 3 is 1.94 bits per heavy atom. The number of aliphatic hydroxyl groups excluding tert-OH is 1. The number of methoxy groups -OCH3 is 2. The van der Waals surface area contributed by atoms with E-state index in [4.69, 9.17) is 19.9 Å². The molecule has 0 aromatic heterocycles. The number of hydrogen-bond donors (Lipinski definition) is 7. The first-order chi connectivity index (χ1) is 42.3. The lowest BCUT2D eigenvalue weighted by atomic mass is 9.73. The highest BCUT2D eigenvalue weighted by Gasteiger charge is 2.44. The summed E-state index contributed by atoms with van der Waals surface area (Å²) < 4.78 is 17.8. The van der Waals surface area contributed by atoms with E-state index in [0.29, 0.717) is 80.5 Å². The van der Waals surface area contributed by atoms with Crippen LogP contribution in [-0.2, 0) is 59.2 Å². The van der Waals surface area contributed by atoms with Gasteiger partial charge in [-0.05, 0) is 98.3 Å². The Morgan fingerprint density at radius 2 is 1.39 bits per heavy atom. The molecule has 12 atom stereocenters. The van der Waals surface area contributed by atoms with Crippen molar-refractivity contribution in [1.82, 2.24) is 36.0 Å². The minimum atomic E-state index is -1.06. The fourth-order valence-electron chi connectivity index (χ4n) is 12.2. The van der Waals surface area contributed by atoms with Gasteiger partial charge in [0.2, 0.25) is 35.4 Å². The van der Waals surface area contributed by atoms with Crippen LogP contribution in [0.2, 0.25) is 0 Å². The Hall–Kier alpha value is -6.75. The third-order valence-corrected chi connectivity index (χ3v) is 17.8. The Kier molecular flexibility index (Phi) is 29.6. The van der Waals surface area contributed by atoms with Crippen LogP contribution in [-0.4, -0.2) is 169 Å². The fraction of sp³-hybridized carbons (Fsp3) is 0.662. The third kappa shape index (κ3) is 20.9.